The van der Waals surface area contributed by atoms with E-state index in [0.717, 1.165) is 5.69 Å². The minimum absolute atomic E-state index is 0. The number of benzene rings is 1. The van der Waals surface area contributed by atoms with Gasteiger partial charge in [-0.25, -0.2) is 4.79 Å². The average Bonchev–Trinajstić information content (AvgIpc) is 2.26. The van der Waals surface area contributed by atoms with E-state index in [9.17, 15) is 4.79 Å². The van der Waals surface area contributed by atoms with Crippen molar-refractivity contribution in [1.29, 1.82) is 0 Å². The Labute approximate surface area is 95.5 Å². The molecular formula is C11H14ClNO2. The van der Waals surface area contributed by atoms with E-state index in [1.165, 1.54) is 0 Å². The van der Waals surface area contributed by atoms with Crippen molar-refractivity contribution in [3.8, 4) is 0 Å². The van der Waals surface area contributed by atoms with Gasteiger partial charge in [-0.15, -0.1) is 12.4 Å². The maximum atomic E-state index is 11.3. The lowest BCUT2D eigenvalue weighted by Crippen LogP contribution is -2.04. The van der Waals surface area contributed by atoms with Crippen LogP contribution in [0.2, 0.25) is 0 Å². The van der Waals surface area contributed by atoms with E-state index in [4.69, 9.17) is 4.74 Å². The molecule has 15 heavy (non-hydrogen) atoms. The highest BCUT2D eigenvalue weighted by atomic mass is 35.5. The number of hydrogen-bond donors (Lipinski definition) is 1. The molecular weight excluding hydrogens is 214 g/mol. The molecule has 3 nitrogen and oxygen atoms in total. The Morgan fingerprint density at radius 3 is 2.53 bits per heavy atom. The van der Waals surface area contributed by atoms with Gasteiger partial charge in [-0.05, 0) is 24.3 Å². The molecule has 1 aromatic carbocycles. The van der Waals surface area contributed by atoms with Gasteiger partial charge < -0.3 is 10.1 Å². The summed E-state index contributed by atoms with van der Waals surface area (Å²) in [5.41, 5.74) is 1.51. The summed E-state index contributed by atoms with van der Waals surface area (Å²) >= 11 is 0. The van der Waals surface area contributed by atoms with E-state index in [1.807, 2.05) is 19.2 Å². The Bertz CT molecular complexity index is 322. The van der Waals surface area contributed by atoms with E-state index in [-0.39, 0.29) is 25.0 Å². The van der Waals surface area contributed by atoms with Crippen LogP contribution in [0.4, 0.5) is 5.69 Å². The van der Waals surface area contributed by atoms with Crippen molar-refractivity contribution in [1.82, 2.24) is 0 Å². The van der Waals surface area contributed by atoms with Crippen molar-refractivity contribution in [2.75, 3.05) is 19.0 Å². The second-order valence-electron chi connectivity index (χ2n) is 2.71. The number of rotatable bonds is 4. The molecule has 0 bridgehead atoms. The van der Waals surface area contributed by atoms with E-state index in [1.54, 1.807) is 18.2 Å². The molecule has 0 saturated carbocycles. The van der Waals surface area contributed by atoms with Crippen molar-refractivity contribution in [2.24, 2.45) is 0 Å². The van der Waals surface area contributed by atoms with E-state index >= 15 is 0 Å². The lowest BCUT2D eigenvalue weighted by Gasteiger charge is -2.03. The summed E-state index contributed by atoms with van der Waals surface area (Å²) in [5, 5.41) is 2.97. The second-order valence-corrected chi connectivity index (χ2v) is 2.71. The van der Waals surface area contributed by atoms with Gasteiger partial charge in [0.25, 0.3) is 0 Å². The average molecular weight is 228 g/mol. The van der Waals surface area contributed by atoms with Gasteiger partial charge in [-0.1, -0.05) is 12.7 Å². The third-order valence-corrected chi connectivity index (χ3v) is 1.74. The van der Waals surface area contributed by atoms with Crippen LogP contribution in [-0.2, 0) is 4.74 Å². The van der Waals surface area contributed by atoms with Crippen molar-refractivity contribution >= 4 is 24.1 Å². The summed E-state index contributed by atoms with van der Waals surface area (Å²) in [6.45, 7) is 3.71. The lowest BCUT2D eigenvalue weighted by molar-refractivity contribution is 0.0550. The first-order valence-corrected chi connectivity index (χ1v) is 4.33. The Morgan fingerprint density at radius 2 is 2.07 bits per heavy atom. The van der Waals surface area contributed by atoms with Crippen LogP contribution in [0.5, 0.6) is 0 Å². The summed E-state index contributed by atoms with van der Waals surface area (Å²) in [4.78, 5) is 11.3. The fourth-order valence-corrected chi connectivity index (χ4v) is 0.991. The third-order valence-electron chi connectivity index (χ3n) is 1.74. The topological polar surface area (TPSA) is 38.3 Å². The number of hydrogen-bond acceptors (Lipinski definition) is 3. The van der Waals surface area contributed by atoms with Crippen LogP contribution >= 0.6 is 12.4 Å². The molecule has 0 heterocycles. The normalized spacial score (nSPS) is 8.60. The first kappa shape index (κ1) is 13.5. The number of carbonyl (C=O) groups excluding carboxylic acids is 1. The SMILES string of the molecule is C=CCOC(=O)c1ccc(NC)cc1.Cl. The summed E-state index contributed by atoms with van der Waals surface area (Å²) in [7, 11) is 1.82. The van der Waals surface area contributed by atoms with Crippen molar-refractivity contribution in [2.45, 2.75) is 0 Å². The molecule has 0 aliphatic heterocycles. The number of ether oxygens (including phenoxy) is 1. The molecule has 0 spiro atoms. The van der Waals surface area contributed by atoms with Crippen LogP contribution in [0.1, 0.15) is 10.4 Å². The molecule has 0 aliphatic carbocycles. The summed E-state index contributed by atoms with van der Waals surface area (Å²) in [6, 6.07) is 7.09. The Kier molecular flexibility index (Phi) is 6.22. The largest absolute Gasteiger partial charge is 0.458 e. The predicted octanol–water partition coefficient (Wildman–Crippen LogP) is 2.49. The first-order chi connectivity index (χ1) is 6.77. The smallest absolute Gasteiger partial charge is 0.338 e. The van der Waals surface area contributed by atoms with Crippen molar-refractivity contribution < 1.29 is 9.53 Å². The number of halogens is 1. The third kappa shape index (κ3) is 4.04. The number of carbonyl (C=O) groups is 1. The molecule has 0 amide bonds. The number of nitrogens with one attached hydrogen (secondary N) is 1. The summed E-state index contributed by atoms with van der Waals surface area (Å²) < 4.78 is 4.87. The zero-order chi connectivity index (χ0) is 10.4. The van der Waals surface area contributed by atoms with Gasteiger partial charge in [0.05, 0.1) is 5.56 Å². The van der Waals surface area contributed by atoms with Crippen LogP contribution in [0.15, 0.2) is 36.9 Å². The monoisotopic (exact) mass is 227 g/mol. The van der Waals surface area contributed by atoms with Gasteiger partial charge in [0, 0.05) is 12.7 Å². The van der Waals surface area contributed by atoms with Gasteiger partial charge in [-0.3, -0.25) is 0 Å². The molecule has 0 aromatic heterocycles. The highest BCUT2D eigenvalue weighted by Gasteiger charge is 2.04. The van der Waals surface area contributed by atoms with Crippen LogP contribution in [0.25, 0.3) is 0 Å². The first-order valence-electron chi connectivity index (χ1n) is 4.33. The number of esters is 1. The maximum Gasteiger partial charge on any atom is 0.338 e. The van der Waals surface area contributed by atoms with Gasteiger partial charge in [0.1, 0.15) is 6.61 Å². The second kappa shape index (κ2) is 6.90. The fraction of sp³-hybridized carbons (Fsp3) is 0.182. The molecule has 0 saturated heterocycles. The predicted molar refractivity (Wildman–Crippen MR) is 63.7 cm³/mol. The lowest BCUT2D eigenvalue weighted by atomic mass is 10.2. The van der Waals surface area contributed by atoms with Gasteiger partial charge in [-0.2, -0.15) is 0 Å². The quantitative estimate of drug-likeness (QED) is 0.635. The molecule has 0 fully saturated rings. The van der Waals surface area contributed by atoms with Crippen LogP contribution < -0.4 is 5.32 Å². The van der Waals surface area contributed by atoms with Gasteiger partial charge in [0.2, 0.25) is 0 Å². The van der Waals surface area contributed by atoms with Crippen LogP contribution in [0.3, 0.4) is 0 Å². The zero-order valence-electron chi connectivity index (χ0n) is 8.53. The standard InChI is InChI=1S/C11H13NO2.ClH/c1-3-8-14-11(13)9-4-6-10(12-2)7-5-9;/h3-7,12H,1,8H2,2H3;1H. The van der Waals surface area contributed by atoms with E-state index < -0.39 is 0 Å². The highest BCUT2D eigenvalue weighted by molar-refractivity contribution is 5.89. The molecule has 1 N–H and O–H groups in total. The molecule has 0 radical (unpaired) electrons. The minimum Gasteiger partial charge on any atom is -0.458 e. The van der Waals surface area contributed by atoms with E-state index in [2.05, 4.69) is 11.9 Å². The molecule has 4 heteroatoms. The molecule has 82 valence electrons. The molecule has 0 aliphatic rings. The summed E-state index contributed by atoms with van der Waals surface area (Å²) in [5.74, 6) is -0.326. The number of anilines is 1. The van der Waals surface area contributed by atoms with Crippen molar-refractivity contribution in [3.05, 3.63) is 42.5 Å². The van der Waals surface area contributed by atoms with E-state index in [0.29, 0.717) is 5.56 Å². The van der Waals surface area contributed by atoms with Gasteiger partial charge >= 0.3 is 5.97 Å². The van der Waals surface area contributed by atoms with Gasteiger partial charge in [0.15, 0.2) is 0 Å². The fourth-order valence-electron chi connectivity index (χ4n) is 0.991. The molecule has 1 aromatic rings. The Morgan fingerprint density at radius 1 is 1.47 bits per heavy atom. The van der Waals surface area contributed by atoms with Crippen LogP contribution in [-0.4, -0.2) is 19.6 Å². The van der Waals surface area contributed by atoms with Crippen molar-refractivity contribution in [3.63, 3.8) is 0 Å². The maximum absolute atomic E-state index is 11.3. The minimum atomic E-state index is -0.326. The molecule has 0 unspecified atom stereocenters. The molecule has 0 atom stereocenters. The molecule has 1 rings (SSSR count). The Hall–Kier alpha value is -1.48. The van der Waals surface area contributed by atoms with Crippen LogP contribution in [0, 0.1) is 0 Å². The zero-order valence-corrected chi connectivity index (χ0v) is 9.34. The summed E-state index contributed by atoms with van der Waals surface area (Å²) in [6.07, 6.45) is 1.54. The highest BCUT2D eigenvalue weighted by Crippen LogP contribution is 2.09. The Balaban J connectivity index is 0.00000196.